The average Bonchev–Trinajstić information content (AvgIpc) is 3.10. The molecule has 0 heterocycles. The zero-order chi connectivity index (χ0) is 22.5. The molecule has 0 N–H and O–H groups in total. The molecule has 7 atom stereocenters. The van der Waals surface area contributed by atoms with E-state index in [2.05, 4.69) is 19.9 Å². The molecule has 1 aromatic carbocycles. The molecule has 1 aromatic rings. The van der Waals surface area contributed by atoms with Gasteiger partial charge in [0.15, 0.2) is 0 Å². The van der Waals surface area contributed by atoms with Crippen LogP contribution in [0.3, 0.4) is 0 Å². The number of esters is 2. The van der Waals surface area contributed by atoms with Gasteiger partial charge in [0.2, 0.25) is 0 Å². The van der Waals surface area contributed by atoms with Gasteiger partial charge in [0, 0.05) is 18.8 Å². The molecule has 3 fully saturated rings. The van der Waals surface area contributed by atoms with Crippen molar-refractivity contribution >= 4 is 11.9 Å². The largest absolute Gasteiger partial charge is 0.462 e. The molecule has 0 spiro atoms. The number of allylic oxidation sites excluding steroid dienone is 1. The van der Waals surface area contributed by atoms with Gasteiger partial charge < -0.3 is 9.47 Å². The number of hydrogen-bond donors (Lipinski definition) is 0. The van der Waals surface area contributed by atoms with Gasteiger partial charge in [-0.1, -0.05) is 43.7 Å². The lowest BCUT2D eigenvalue weighted by molar-refractivity contribution is -0.156. The number of ether oxygens (including phenoxy) is 2. The predicted molar refractivity (Wildman–Crippen MR) is 123 cm³/mol. The number of hydrogen-bond acceptors (Lipinski definition) is 4. The zero-order valence-corrected chi connectivity index (χ0v) is 19.6. The van der Waals surface area contributed by atoms with Crippen LogP contribution < -0.4 is 0 Å². The normalized spacial score (nSPS) is 40.3. The Morgan fingerprint density at radius 1 is 0.938 bits per heavy atom. The van der Waals surface area contributed by atoms with Gasteiger partial charge in [0.25, 0.3) is 0 Å². The molecule has 4 aliphatic rings. The van der Waals surface area contributed by atoms with Crippen LogP contribution in [0, 0.1) is 28.6 Å². The van der Waals surface area contributed by atoms with E-state index in [-0.39, 0.29) is 35.0 Å². The Hall–Kier alpha value is -2.10. The van der Waals surface area contributed by atoms with Crippen molar-refractivity contribution in [3.8, 4) is 0 Å². The van der Waals surface area contributed by atoms with Crippen molar-refractivity contribution in [3.63, 3.8) is 0 Å². The average molecular weight is 437 g/mol. The molecule has 4 aliphatic carbocycles. The minimum absolute atomic E-state index is 0.0211. The number of rotatable bonds is 3. The summed E-state index contributed by atoms with van der Waals surface area (Å²) >= 11 is 0. The number of carbonyl (C=O) groups excluding carboxylic acids is 2. The molecule has 32 heavy (non-hydrogen) atoms. The van der Waals surface area contributed by atoms with E-state index in [9.17, 15) is 9.59 Å². The second-order valence-corrected chi connectivity index (χ2v) is 11.1. The van der Waals surface area contributed by atoms with Crippen molar-refractivity contribution in [1.82, 2.24) is 0 Å². The second-order valence-electron chi connectivity index (χ2n) is 11.1. The molecule has 0 amide bonds. The van der Waals surface area contributed by atoms with E-state index in [0.717, 1.165) is 38.5 Å². The van der Waals surface area contributed by atoms with Crippen LogP contribution in [0.2, 0.25) is 0 Å². The lowest BCUT2D eigenvalue weighted by Crippen LogP contribution is -2.51. The lowest BCUT2D eigenvalue weighted by atomic mass is 9.48. The molecule has 4 heteroatoms. The van der Waals surface area contributed by atoms with Crippen LogP contribution in [0.25, 0.3) is 0 Å². The Labute approximate surface area is 191 Å². The van der Waals surface area contributed by atoms with E-state index in [1.54, 1.807) is 6.92 Å². The summed E-state index contributed by atoms with van der Waals surface area (Å²) in [7, 11) is 0. The van der Waals surface area contributed by atoms with Gasteiger partial charge in [-0.05, 0) is 80.2 Å². The SMILES string of the molecule is CC(=O)O[C@@H]1CC[C@H]2[C@@H]3CC=C4C[C@@H](OC(=O)c5ccccc5)CC[C@]4(C)[C@H]3CC[C@]12C. The van der Waals surface area contributed by atoms with Crippen molar-refractivity contribution in [2.45, 2.75) is 84.3 Å². The first-order valence-corrected chi connectivity index (χ1v) is 12.4. The first-order chi connectivity index (χ1) is 15.3. The maximum atomic E-state index is 12.6. The van der Waals surface area contributed by atoms with Crippen LogP contribution in [-0.4, -0.2) is 24.1 Å². The molecule has 0 aromatic heterocycles. The van der Waals surface area contributed by atoms with Gasteiger partial charge >= 0.3 is 11.9 Å². The topological polar surface area (TPSA) is 52.6 Å². The fourth-order valence-electron chi connectivity index (χ4n) is 7.87. The maximum absolute atomic E-state index is 12.6. The minimum Gasteiger partial charge on any atom is -0.462 e. The molecule has 0 saturated heterocycles. The van der Waals surface area contributed by atoms with Crippen LogP contribution in [0.1, 0.15) is 82.5 Å². The first kappa shape index (κ1) is 21.7. The van der Waals surface area contributed by atoms with Crippen molar-refractivity contribution in [3.05, 3.63) is 47.5 Å². The van der Waals surface area contributed by atoms with E-state index >= 15 is 0 Å². The first-order valence-electron chi connectivity index (χ1n) is 12.4. The highest BCUT2D eigenvalue weighted by molar-refractivity contribution is 5.89. The monoisotopic (exact) mass is 436 g/mol. The van der Waals surface area contributed by atoms with Crippen LogP contribution >= 0.6 is 0 Å². The summed E-state index contributed by atoms with van der Waals surface area (Å²) < 4.78 is 11.7. The maximum Gasteiger partial charge on any atom is 0.338 e. The Morgan fingerprint density at radius 2 is 1.72 bits per heavy atom. The third-order valence-corrected chi connectivity index (χ3v) is 9.56. The van der Waals surface area contributed by atoms with Gasteiger partial charge in [0.05, 0.1) is 5.56 Å². The Morgan fingerprint density at radius 3 is 2.47 bits per heavy atom. The molecule has 3 saturated carbocycles. The highest BCUT2D eigenvalue weighted by Gasteiger charge is 2.59. The summed E-state index contributed by atoms with van der Waals surface area (Å²) in [5, 5.41) is 0. The highest BCUT2D eigenvalue weighted by Crippen LogP contribution is 2.65. The fourth-order valence-corrected chi connectivity index (χ4v) is 7.87. The van der Waals surface area contributed by atoms with Crippen LogP contribution in [0.4, 0.5) is 0 Å². The molecule has 0 aliphatic heterocycles. The van der Waals surface area contributed by atoms with Crippen molar-refractivity contribution < 1.29 is 19.1 Å². The quantitative estimate of drug-likeness (QED) is 0.424. The van der Waals surface area contributed by atoms with Crippen LogP contribution in [0.5, 0.6) is 0 Å². The van der Waals surface area contributed by atoms with Gasteiger partial charge in [-0.2, -0.15) is 0 Å². The Kier molecular flexibility index (Phi) is 5.46. The smallest absolute Gasteiger partial charge is 0.338 e. The summed E-state index contributed by atoms with van der Waals surface area (Å²) in [6.07, 6.45) is 11.1. The zero-order valence-electron chi connectivity index (χ0n) is 19.6. The van der Waals surface area contributed by atoms with Crippen LogP contribution in [-0.2, 0) is 14.3 Å². The van der Waals surface area contributed by atoms with Gasteiger partial charge in [-0.15, -0.1) is 0 Å². The fraction of sp³-hybridized carbons (Fsp3) is 0.643. The van der Waals surface area contributed by atoms with Crippen molar-refractivity contribution in [2.75, 3.05) is 0 Å². The molecule has 0 radical (unpaired) electrons. The van der Waals surface area contributed by atoms with E-state index in [4.69, 9.17) is 9.47 Å². The molecule has 5 rings (SSSR count). The number of benzene rings is 1. The van der Waals surface area contributed by atoms with E-state index in [1.165, 1.54) is 18.4 Å². The summed E-state index contributed by atoms with van der Waals surface area (Å²) in [6, 6.07) is 9.32. The predicted octanol–water partition coefficient (Wildman–Crippen LogP) is 6.11. The van der Waals surface area contributed by atoms with E-state index in [1.807, 2.05) is 30.3 Å². The number of fused-ring (bicyclic) bond motifs is 5. The Balaban J connectivity index is 1.31. The summed E-state index contributed by atoms with van der Waals surface area (Å²) in [5.74, 6) is 1.65. The molecule has 172 valence electrons. The third-order valence-electron chi connectivity index (χ3n) is 9.56. The van der Waals surface area contributed by atoms with E-state index < -0.39 is 0 Å². The van der Waals surface area contributed by atoms with E-state index in [0.29, 0.717) is 23.3 Å². The van der Waals surface area contributed by atoms with Crippen molar-refractivity contribution in [1.29, 1.82) is 0 Å². The van der Waals surface area contributed by atoms with Crippen molar-refractivity contribution in [2.24, 2.45) is 28.6 Å². The standard InChI is InChI=1S/C28H36O4/c1-18(29)31-25-12-11-23-22-10-9-20-17-21(32-26(30)19-7-5-4-6-8-19)13-15-27(20,2)24(22)14-16-28(23,25)3/h4-9,21-25H,10-17H2,1-3H3/t21-,22-,23-,24-,25+,27-,28-/m0/s1. The van der Waals surface area contributed by atoms with Gasteiger partial charge in [-0.3, -0.25) is 4.79 Å². The van der Waals surface area contributed by atoms with Gasteiger partial charge in [-0.25, -0.2) is 4.79 Å². The van der Waals surface area contributed by atoms with Crippen LogP contribution in [0.15, 0.2) is 42.0 Å². The van der Waals surface area contributed by atoms with Gasteiger partial charge in [0.1, 0.15) is 12.2 Å². The Bertz CT molecular complexity index is 921. The third kappa shape index (κ3) is 3.50. The molecule has 0 unspecified atom stereocenters. The minimum atomic E-state index is -0.204. The summed E-state index contributed by atoms with van der Waals surface area (Å²) in [6.45, 7) is 6.38. The lowest BCUT2D eigenvalue weighted by Gasteiger charge is -2.57. The highest BCUT2D eigenvalue weighted by atomic mass is 16.5. The molecular weight excluding hydrogens is 400 g/mol. The molecular formula is C28H36O4. The molecule has 4 nitrogen and oxygen atoms in total. The number of carbonyl (C=O) groups is 2. The second kappa shape index (κ2) is 8.04. The summed E-state index contributed by atoms with van der Waals surface area (Å²) in [4.78, 5) is 24.2. The summed E-state index contributed by atoms with van der Waals surface area (Å²) in [5.41, 5.74) is 2.47. The molecule has 0 bridgehead atoms.